The summed E-state index contributed by atoms with van der Waals surface area (Å²) in [5.41, 5.74) is 0. The Morgan fingerprint density at radius 1 is 1.89 bits per heavy atom. The Balaban J connectivity index is 3.78. The van der Waals surface area contributed by atoms with Crippen molar-refractivity contribution in [2.45, 2.75) is 6.04 Å². The quantitative estimate of drug-likeness (QED) is 0.428. The predicted molar refractivity (Wildman–Crippen MR) is 35.1 cm³/mol. The van der Waals surface area contributed by atoms with E-state index in [1.54, 1.807) is 7.05 Å². The number of carbonyl (C=O) groups excluding carboxylic acids is 1. The first-order valence-electron chi connectivity index (χ1n) is 2.64. The van der Waals surface area contributed by atoms with E-state index in [2.05, 4.69) is 16.6 Å². The smallest absolute Gasteiger partial charge is 0.326 e. The molecule has 0 spiro atoms. The van der Waals surface area contributed by atoms with Gasteiger partial charge < -0.3 is 10.1 Å². The van der Waals surface area contributed by atoms with Crippen LogP contribution in [0.25, 0.3) is 0 Å². The van der Waals surface area contributed by atoms with Crippen LogP contribution in [0.2, 0.25) is 0 Å². The molecular formula is C6H11NO2. The van der Waals surface area contributed by atoms with Gasteiger partial charge in [-0.3, -0.25) is 4.79 Å². The Morgan fingerprint density at radius 3 is 2.56 bits per heavy atom. The van der Waals surface area contributed by atoms with E-state index < -0.39 is 0 Å². The number of hydrogen-bond donors (Lipinski definition) is 1. The molecule has 0 saturated carbocycles. The van der Waals surface area contributed by atoms with Crippen molar-refractivity contribution in [1.29, 1.82) is 0 Å². The molecule has 0 saturated heterocycles. The van der Waals surface area contributed by atoms with Crippen LogP contribution < -0.4 is 5.32 Å². The summed E-state index contributed by atoms with van der Waals surface area (Å²) in [7, 11) is 3.01. The lowest BCUT2D eigenvalue weighted by atomic mass is 10.3. The first-order valence-corrected chi connectivity index (χ1v) is 2.64. The largest absolute Gasteiger partial charge is 0.468 e. The van der Waals surface area contributed by atoms with Crippen molar-refractivity contribution in [3.63, 3.8) is 0 Å². The Hall–Kier alpha value is -0.830. The third kappa shape index (κ3) is 2.28. The summed E-state index contributed by atoms with van der Waals surface area (Å²) >= 11 is 0. The number of hydrogen-bond acceptors (Lipinski definition) is 3. The summed E-state index contributed by atoms with van der Waals surface area (Å²) < 4.78 is 4.42. The molecule has 0 unspecified atom stereocenters. The normalized spacial score (nSPS) is 12.2. The summed E-state index contributed by atoms with van der Waals surface area (Å²) in [5.74, 6) is -0.312. The minimum Gasteiger partial charge on any atom is -0.468 e. The van der Waals surface area contributed by atoms with Crippen LogP contribution in [-0.4, -0.2) is 26.2 Å². The van der Waals surface area contributed by atoms with E-state index in [1.807, 2.05) is 0 Å². The zero-order chi connectivity index (χ0) is 7.28. The monoisotopic (exact) mass is 129 g/mol. The maximum atomic E-state index is 10.6. The number of rotatable bonds is 3. The minimum atomic E-state index is -0.380. The second-order valence-electron chi connectivity index (χ2n) is 1.53. The SMILES string of the molecule is C=C[C@H](NC)C(=O)OC. The lowest BCUT2D eigenvalue weighted by molar-refractivity contribution is -0.141. The molecule has 52 valence electrons. The molecule has 0 amide bonds. The van der Waals surface area contributed by atoms with Crippen LogP contribution in [0.3, 0.4) is 0 Å². The topological polar surface area (TPSA) is 38.3 Å². The van der Waals surface area contributed by atoms with Crippen LogP contribution >= 0.6 is 0 Å². The van der Waals surface area contributed by atoms with Gasteiger partial charge in [-0.25, -0.2) is 0 Å². The highest BCUT2D eigenvalue weighted by Crippen LogP contribution is 1.85. The molecule has 0 fully saturated rings. The Morgan fingerprint density at radius 2 is 2.44 bits per heavy atom. The highest BCUT2D eigenvalue weighted by Gasteiger charge is 2.10. The molecule has 3 nitrogen and oxygen atoms in total. The standard InChI is InChI=1S/C6H11NO2/c1-4-5(7-2)6(8)9-3/h4-5,7H,1H2,2-3H3/t5-/m0/s1. The molecule has 0 aromatic rings. The number of ether oxygens (including phenoxy) is 1. The summed E-state index contributed by atoms with van der Waals surface area (Å²) in [6.07, 6.45) is 1.49. The molecule has 0 aliphatic heterocycles. The van der Waals surface area contributed by atoms with Crippen molar-refractivity contribution in [1.82, 2.24) is 5.32 Å². The van der Waals surface area contributed by atoms with E-state index in [-0.39, 0.29) is 12.0 Å². The number of likely N-dealkylation sites (N-methyl/N-ethyl adjacent to an activating group) is 1. The van der Waals surface area contributed by atoms with Gasteiger partial charge in [0.05, 0.1) is 7.11 Å². The zero-order valence-corrected chi connectivity index (χ0v) is 5.68. The molecule has 0 radical (unpaired) electrons. The van der Waals surface area contributed by atoms with Crippen molar-refractivity contribution in [3.8, 4) is 0 Å². The maximum Gasteiger partial charge on any atom is 0.326 e. The zero-order valence-electron chi connectivity index (χ0n) is 5.68. The Kier molecular flexibility index (Phi) is 3.71. The van der Waals surface area contributed by atoms with Crippen LogP contribution in [0.15, 0.2) is 12.7 Å². The third-order valence-electron chi connectivity index (χ3n) is 1.00. The fourth-order valence-corrected chi connectivity index (χ4v) is 0.459. The second-order valence-corrected chi connectivity index (χ2v) is 1.53. The average molecular weight is 129 g/mol. The van der Waals surface area contributed by atoms with Crippen LogP contribution in [0, 0.1) is 0 Å². The molecule has 9 heavy (non-hydrogen) atoms. The Bertz CT molecular complexity index is 112. The van der Waals surface area contributed by atoms with Gasteiger partial charge >= 0.3 is 5.97 Å². The first kappa shape index (κ1) is 8.17. The van der Waals surface area contributed by atoms with Gasteiger partial charge in [0.1, 0.15) is 6.04 Å². The highest BCUT2D eigenvalue weighted by molar-refractivity contribution is 5.77. The minimum absolute atomic E-state index is 0.312. The van der Waals surface area contributed by atoms with Crippen LogP contribution in [0.4, 0.5) is 0 Å². The molecule has 0 aliphatic rings. The van der Waals surface area contributed by atoms with Crippen molar-refractivity contribution < 1.29 is 9.53 Å². The van der Waals surface area contributed by atoms with Gasteiger partial charge in [0.15, 0.2) is 0 Å². The fourth-order valence-electron chi connectivity index (χ4n) is 0.459. The predicted octanol–water partition coefficient (Wildman–Crippen LogP) is -0.0666. The van der Waals surface area contributed by atoms with Crippen LogP contribution in [0.1, 0.15) is 0 Å². The van der Waals surface area contributed by atoms with Gasteiger partial charge in [-0.05, 0) is 7.05 Å². The van der Waals surface area contributed by atoms with E-state index in [0.717, 1.165) is 0 Å². The molecule has 1 N–H and O–H groups in total. The summed E-state index contributed by atoms with van der Waals surface area (Å²) in [4.78, 5) is 10.6. The van der Waals surface area contributed by atoms with Gasteiger partial charge in [0.25, 0.3) is 0 Å². The van der Waals surface area contributed by atoms with Gasteiger partial charge in [-0.2, -0.15) is 0 Å². The molecule has 0 bridgehead atoms. The molecule has 1 atom stereocenters. The number of methoxy groups -OCH3 is 1. The molecule has 0 rings (SSSR count). The highest BCUT2D eigenvalue weighted by atomic mass is 16.5. The van der Waals surface area contributed by atoms with Crippen LogP contribution in [0.5, 0.6) is 0 Å². The average Bonchev–Trinajstić information content (AvgIpc) is 1.90. The van der Waals surface area contributed by atoms with E-state index in [9.17, 15) is 4.79 Å². The summed E-state index contributed by atoms with van der Waals surface area (Å²) in [6.45, 7) is 3.44. The molecular weight excluding hydrogens is 118 g/mol. The van der Waals surface area contributed by atoms with Gasteiger partial charge in [-0.1, -0.05) is 6.08 Å². The van der Waals surface area contributed by atoms with Crippen molar-refractivity contribution in [2.24, 2.45) is 0 Å². The number of esters is 1. The lowest BCUT2D eigenvalue weighted by Gasteiger charge is -2.06. The summed E-state index contributed by atoms with van der Waals surface area (Å²) in [6, 6.07) is -0.380. The van der Waals surface area contributed by atoms with Crippen molar-refractivity contribution in [3.05, 3.63) is 12.7 Å². The molecule has 0 heterocycles. The summed E-state index contributed by atoms with van der Waals surface area (Å²) in [5, 5.41) is 2.71. The van der Waals surface area contributed by atoms with E-state index in [4.69, 9.17) is 0 Å². The molecule has 3 heteroatoms. The fraction of sp³-hybridized carbons (Fsp3) is 0.500. The van der Waals surface area contributed by atoms with E-state index >= 15 is 0 Å². The van der Waals surface area contributed by atoms with Gasteiger partial charge in [0.2, 0.25) is 0 Å². The molecule has 0 aliphatic carbocycles. The van der Waals surface area contributed by atoms with E-state index in [1.165, 1.54) is 13.2 Å². The number of carbonyl (C=O) groups is 1. The van der Waals surface area contributed by atoms with Gasteiger partial charge in [-0.15, -0.1) is 6.58 Å². The van der Waals surface area contributed by atoms with Crippen LogP contribution in [-0.2, 0) is 9.53 Å². The third-order valence-corrected chi connectivity index (χ3v) is 1.00. The maximum absolute atomic E-state index is 10.6. The molecule has 0 aromatic heterocycles. The number of nitrogens with one attached hydrogen (secondary N) is 1. The van der Waals surface area contributed by atoms with Crippen molar-refractivity contribution >= 4 is 5.97 Å². The lowest BCUT2D eigenvalue weighted by Crippen LogP contribution is -2.32. The molecule has 0 aromatic carbocycles. The first-order chi connectivity index (χ1) is 4.26. The van der Waals surface area contributed by atoms with E-state index in [0.29, 0.717) is 0 Å². The van der Waals surface area contributed by atoms with Crippen molar-refractivity contribution in [2.75, 3.05) is 14.2 Å². The second kappa shape index (κ2) is 4.09. The van der Waals surface area contributed by atoms with Gasteiger partial charge in [0, 0.05) is 0 Å². The Labute approximate surface area is 54.7 Å².